The Labute approximate surface area is 354 Å². The largest absolute Gasteiger partial charge is 0.464 e. The second-order valence-electron chi connectivity index (χ2n) is 14.8. The van der Waals surface area contributed by atoms with Crippen molar-refractivity contribution in [3.8, 4) is 16.9 Å². The van der Waals surface area contributed by atoms with Gasteiger partial charge in [-0.3, -0.25) is 23.9 Å². The lowest BCUT2D eigenvalue weighted by Gasteiger charge is -2.19. The van der Waals surface area contributed by atoms with Gasteiger partial charge in [-0.2, -0.15) is 0 Å². The molecule has 19 heteroatoms. The lowest BCUT2D eigenvalue weighted by molar-refractivity contribution is -0.146. The molecule has 1 aliphatic carbocycles. The van der Waals surface area contributed by atoms with Crippen LogP contribution < -0.4 is 21.3 Å². The maximum Gasteiger partial charge on any atom is 0.337 e. The van der Waals surface area contributed by atoms with Crippen molar-refractivity contribution in [3.63, 3.8) is 0 Å². The molecule has 0 unspecified atom stereocenters. The number of aryl methyl sites for hydroxylation is 2. The molecule has 2 aromatic carbocycles. The fourth-order valence-corrected chi connectivity index (χ4v) is 8.31. The van der Waals surface area contributed by atoms with Crippen LogP contribution in [-0.2, 0) is 44.4 Å². The molecule has 16 nitrogen and oxygen atoms in total. The lowest BCUT2D eigenvalue weighted by atomic mass is 10.0. The smallest absolute Gasteiger partial charge is 0.337 e. The molecule has 0 radical (unpaired) electrons. The molecule has 6 aromatic rings. The maximum absolute atomic E-state index is 15.5. The monoisotopic (exact) mass is 868 g/mol. The SMILES string of the molecule is COCc1ncc(-c2ccc(S(=O)(=O)Nc3cc(F)c(C(=O)N[C@@H](CCc4ccc(-n5c(=O)c6ccncc6n(C)c5=O)nc4)C(=O)OCCC4CCCC4)cc3F)cc2)cn1. The zero-order valence-corrected chi connectivity index (χ0v) is 34.5. The molecule has 1 amide bonds. The molecule has 1 saturated carbocycles. The van der Waals surface area contributed by atoms with Crippen LogP contribution in [0, 0.1) is 17.6 Å². The third-order valence-corrected chi connectivity index (χ3v) is 12.1. The number of benzene rings is 2. The average Bonchev–Trinajstić information content (AvgIpc) is 3.80. The number of pyridine rings is 2. The van der Waals surface area contributed by atoms with Gasteiger partial charge in [0.1, 0.15) is 30.1 Å². The first-order valence-corrected chi connectivity index (χ1v) is 21.2. The van der Waals surface area contributed by atoms with Crippen molar-refractivity contribution in [2.24, 2.45) is 13.0 Å². The highest BCUT2D eigenvalue weighted by Gasteiger charge is 2.27. The summed E-state index contributed by atoms with van der Waals surface area (Å²) in [4.78, 5) is 69.7. The van der Waals surface area contributed by atoms with Gasteiger partial charge in [-0.1, -0.05) is 43.9 Å². The summed E-state index contributed by atoms with van der Waals surface area (Å²) in [5.74, 6) is -3.49. The van der Waals surface area contributed by atoms with Crippen LogP contribution >= 0.6 is 0 Å². The number of carbonyl (C=O) groups is 2. The number of nitrogens with zero attached hydrogens (tertiary/aromatic N) is 6. The summed E-state index contributed by atoms with van der Waals surface area (Å²) in [6.07, 6.45) is 12.4. The molecule has 1 fully saturated rings. The van der Waals surface area contributed by atoms with Gasteiger partial charge in [0.2, 0.25) is 0 Å². The van der Waals surface area contributed by atoms with Crippen LogP contribution in [0.5, 0.6) is 0 Å². The number of carbonyl (C=O) groups excluding carboxylic acids is 2. The highest BCUT2D eigenvalue weighted by atomic mass is 32.2. The Balaban J connectivity index is 1.05. The van der Waals surface area contributed by atoms with E-state index in [4.69, 9.17) is 9.47 Å². The first-order chi connectivity index (χ1) is 29.8. The molecule has 62 heavy (non-hydrogen) atoms. The van der Waals surface area contributed by atoms with E-state index >= 15 is 8.78 Å². The standard InChI is InChI=1S/C43H42F2N8O8S/c1-52-37-24-46-17-15-31(37)41(55)53(43(52)57)39-14-8-27(21-49-39)7-13-35(42(56)61-18-16-26-5-3-4-6-26)50-40(54)32-19-34(45)36(20-33(32)44)51-62(58,59)30-11-9-28(10-12-30)29-22-47-38(25-60-2)48-23-29/h8-12,14-15,17,19-24,26,35,51H,3-7,13,16,18,25H2,1-2H3,(H,50,54)/t35-/m0/s1. The Morgan fingerprint density at radius 2 is 1.66 bits per heavy atom. The Morgan fingerprint density at radius 3 is 2.35 bits per heavy atom. The second-order valence-corrected chi connectivity index (χ2v) is 16.5. The number of sulfonamides is 1. The number of hydrogen-bond acceptors (Lipinski definition) is 12. The molecule has 2 N–H and O–H groups in total. The van der Waals surface area contributed by atoms with Crippen LogP contribution in [0.2, 0.25) is 0 Å². The highest BCUT2D eigenvalue weighted by molar-refractivity contribution is 7.92. The van der Waals surface area contributed by atoms with E-state index in [1.54, 1.807) is 18.5 Å². The molecule has 4 heterocycles. The van der Waals surface area contributed by atoms with Crippen molar-refractivity contribution in [2.45, 2.75) is 62.5 Å². The van der Waals surface area contributed by atoms with Crippen LogP contribution in [-0.4, -0.2) is 69.1 Å². The molecule has 4 aromatic heterocycles. The average molecular weight is 869 g/mol. The summed E-state index contributed by atoms with van der Waals surface area (Å²) < 4.78 is 72.2. The summed E-state index contributed by atoms with van der Waals surface area (Å²) in [6, 6.07) is 9.92. The van der Waals surface area contributed by atoms with Crippen molar-refractivity contribution >= 4 is 38.5 Å². The number of anilines is 1. The summed E-state index contributed by atoms with van der Waals surface area (Å²) >= 11 is 0. The molecule has 1 atom stereocenters. The lowest BCUT2D eigenvalue weighted by Crippen LogP contribution is -2.42. The van der Waals surface area contributed by atoms with Crippen LogP contribution in [0.4, 0.5) is 14.5 Å². The third kappa shape index (κ3) is 9.74. The topological polar surface area (TPSA) is 206 Å². The molecule has 0 spiro atoms. The first-order valence-electron chi connectivity index (χ1n) is 19.7. The van der Waals surface area contributed by atoms with Crippen LogP contribution in [0.15, 0.2) is 100 Å². The van der Waals surface area contributed by atoms with Gasteiger partial charge in [0.25, 0.3) is 21.5 Å². The Hall–Kier alpha value is -6.73. The number of halogens is 2. The molecule has 0 aliphatic heterocycles. The van der Waals surface area contributed by atoms with E-state index in [2.05, 4.69) is 25.3 Å². The fraction of sp³-hybridized carbons (Fsp3) is 0.302. The maximum atomic E-state index is 15.5. The minimum Gasteiger partial charge on any atom is -0.464 e. The van der Waals surface area contributed by atoms with Crippen molar-refractivity contribution < 1.29 is 36.3 Å². The molecule has 0 saturated heterocycles. The van der Waals surface area contributed by atoms with E-state index in [1.807, 2.05) is 4.72 Å². The summed E-state index contributed by atoms with van der Waals surface area (Å²) in [5.41, 5.74) is -0.591. The van der Waals surface area contributed by atoms with Crippen LogP contribution in [0.1, 0.15) is 60.3 Å². The van der Waals surface area contributed by atoms with Gasteiger partial charge < -0.3 is 14.8 Å². The van der Waals surface area contributed by atoms with Crippen molar-refractivity contribution in [3.05, 3.63) is 135 Å². The summed E-state index contributed by atoms with van der Waals surface area (Å²) in [7, 11) is -1.39. The van der Waals surface area contributed by atoms with Gasteiger partial charge in [0, 0.05) is 50.6 Å². The van der Waals surface area contributed by atoms with Gasteiger partial charge in [-0.15, -0.1) is 0 Å². The quantitative estimate of drug-likeness (QED) is 0.123. The van der Waals surface area contributed by atoms with E-state index in [0.29, 0.717) is 52.5 Å². The van der Waals surface area contributed by atoms with Gasteiger partial charge in [-0.05, 0) is 66.6 Å². The minimum atomic E-state index is -4.42. The van der Waals surface area contributed by atoms with Crippen molar-refractivity contribution in [1.82, 2.24) is 34.4 Å². The molecule has 322 valence electrons. The molecule has 1 aliphatic rings. The third-order valence-electron chi connectivity index (χ3n) is 10.7. The number of hydrogen-bond donors (Lipinski definition) is 2. The van der Waals surface area contributed by atoms with Crippen molar-refractivity contribution in [1.29, 1.82) is 0 Å². The van der Waals surface area contributed by atoms with Crippen LogP contribution in [0.25, 0.3) is 27.8 Å². The molecule has 7 rings (SSSR count). The Morgan fingerprint density at radius 1 is 0.919 bits per heavy atom. The molecular weight excluding hydrogens is 827 g/mol. The predicted molar refractivity (Wildman–Crippen MR) is 223 cm³/mol. The van der Waals surface area contributed by atoms with Gasteiger partial charge in [0.15, 0.2) is 5.82 Å². The number of nitrogens with one attached hydrogen (secondary N) is 2. The van der Waals surface area contributed by atoms with Gasteiger partial charge in [-0.25, -0.2) is 46.3 Å². The Kier molecular flexibility index (Phi) is 13.2. The summed E-state index contributed by atoms with van der Waals surface area (Å²) in [6.45, 7) is 0.329. The van der Waals surface area contributed by atoms with Gasteiger partial charge >= 0.3 is 11.7 Å². The first kappa shape index (κ1) is 43.4. The zero-order chi connectivity index (χ0) is 44.0. The van der Waals surface area contributed by atoms with E-state index in [1.165, 1.54) is 73.7 Å². The van der Waals surface area contributed by atoms with Gasteiger partial charge in [0.05, 0.1) is 39.9 Å². The number of amides is 1. The zero-order valence-electron chi connectivity index (χ0n) is 33.7. The molecule has 0 bridgehead atoms. The number of esters is 1. The number of ether oxygens (including phenoxy) is 2. The van der Waals surface area contributed by atoms with E-state index in [9.17, 15) is 27.6 Å². The molecular formula is C43H42F2N8O8S. The number of methoxy groups -OCH3 is 1. The van der Waals surface area contributed by atoms with E-state index < -0.39 is 62.1 Å². The minimum absolute atomic E-state index is 0.0490. The number of aromatic nitrogens is 6. The van der Waals surface area contributed by atoms with E-state index in [0.717, 1.165) is 30.3 Å². The van der Waals surface area contributed by atoms with E-state index in [-0.39, 0.29) is 42.2 Å². The number of rotatable bonds is 16. The van der Waals surface area contributed by atoms with Crippen molar-refractivity contribution in [2.75, 3.05) is 18.4 Å². The fourth-order valence-electron chi connectivity index (χ4n) is 7.25. The summed E-state index contributed by atoms with van der Waals surface area (Å²) in [5, 5.41) is 2.73. The predicted octanol–water partition coefficient (Wildman–Crippen LogP) is 5.02. The highest BCUT2D eigenvalue weighted by Crippen LogP contribution is 2.28. The normalized spacial score (nSPS) is 13.5. The van der Waals surface area contributed by atoms with Crippen LogP contribution in [0.3, 0.4) is 0 Å². The second kappa shape index (κ2) is 18.9. The Bertz CT molecular complexity index is 2830. The number of fused-ring (bicyclic) bond motifs is 1.